The molecule has 0 bridgehead atoms. The van der Waals surface area contributed by atoms with E-state index in [0.29, 0.717) is 0 Å². The van der Waals surface area contributed by atoms with E-state index in [-0.39, 0.29) is 6.61 Å². The van der Waals surface area contributed by atoms with Gasteiger partial charge in [0.05, 0.1) is 24.2 Å². The van der Waals surface area contributed by atoms with Crippen molar-refractivity contribution >= 4 is 5.82 Å². The molecule has 1 saturated heterocycles. The molecular formula is C12H20N4O. The second-order valence-electron chi connectivity index (χ2n) is 4.45. The van der Waals surface area contributed by atoms with Crippen LogP contribution in [0.3, 0.4) is 0 Å². The highest BCUT2D eigenvalue weighted by atomic mass is 16.3. The number of rotatable bonds is 3. The van der Waals surface area contributed by atoms with Gasteiger partial charge >= 0.3 is 0 Å². The maximum atomic E-state index is 8.89. The van der Waals surface area contributed by atoms with Crippen LogP contribution in [0.5, 0.6) is 0 Å². The highest BCUT2D eigenvalue weighted by molar-refractivity contribution is 5.38. The molecule has 0 saturated carbocycles. The highest BCUT2D eigenvalue weighted by Gasteiger charge is 2.17. The number of nitrogens with zero attached hydrogens (tertiary/aromatic N) is 4. The molecule has 0 unspecified atom stereocenters. The lowest BCUT2D eigenvalue weighted by Crippen LogP contribution is -2.47. The molecule has 1 aliphatic rings. The monoisotopic (exact) mass is 236 g/mol. The van der Waals surface area contributed by atoms with Gasteiger partial charge in [-0.05, 0) is 13.8 Å². The summed E-state index contributed by atoms with van der Waals surface area (Å²) in [6.07, 6.45) is 1.85. The Labute approximate surface area is 102 Å². The van der Waals surface area contributed by atoms with Crippen LogP contribution in [0.1, 0.15) is 11.4 Å². The first-order valence-corrected chi connectivity index (χ1v) is 6.09. The van der Waals surface area contributed by atoms with E-state index in [1.54, 1.807) is 0 Å². The van der Waals surface area contributed by atoms with Gasteiger partial charge in [-0.15, -0.1) is 0 Å². The second kappa shape index (κ2) is 5.42. The van der Waals surface area contributed by atoms with E-state index in [4.69, 9.17) is 5.11 Å². The lowest BCUT2D eigenvalue weighted by molar-refractivity contribution is 0.188. The molecule has 0 aliphatic carbocycles. The third-order valence-corrected chi connectivity index (χ3v) is 3.29. The zero-order valence-electron chi connectivity index (χ0n) is 10.6. The van der Waals surface area contributed by atoms with Crippen molar-refractivity contribution in [2.24, 2.45) is 0 Å². The van der Waals surface area contributed by atoms with Gasteiger partial charge in [0.25, 0.3) is 0 Å². The highest BCUT2D eigenvalue weighted by Crippen LogP contribution is 2.14. The number of hydrogen-bond donors (Lipinski definition) is 1. The maximum Gasteiger partial charge on any atom is 0.147 e. The molecule has 17 heavy (non-hydrogen) atoms. The van der Waals surface area contributed by atoms with Crippen LogP contribution in [-0.4, -0.2) is 59.3 Å². The third-order valence-electron chi connectivity index (χ3n) is 3.29. The van der Waals surface area contributed by atoms with Gasteiger partial charge in [0.2, 0.25) is 0 Å². The first-order valence-electron chi connectivity index (χ1n) is 6.09. The Hall–Kier alpha value is -1.20. The van der Waals surface area contributed by atoms with Gasteiger partial charge in [-0.3, -0.25) is 9.88 Å². The Morgan fingerprint density at radius 2 is 1.88 bits per heavy atom. The summed E-state index contributed by atoms with van der Waals surface area (Å²) in [5.74, 6) is 0.969. The van der Waals surface area contributed by atoms with Crippen LogP contribution in [0.15, 0.2) is 6.20 Å². The van der Waals surface area contributed by atoms with Crippen LogP contribution < -0.4 is 4.90 Å². The molecule has 1 aliphatic heterocycles. The fourth-order valence-corrected chi connectivity index (χ4v) is 2.02. The minimum Gasteiger partial charge on any atom is -0.395 e. The summed E-state index contributed by atoms with van der Waals surface area (Å²) in [5.41, 5.74) is 1.99. The summed E-state index contributed by atoms with van der Waals surface area (Å²) in [5, 5.41) is 8.89. The van der Waals surface area contributed by atoms with Gasteiger partial charge in [0, 0.05) is 32.7 Å². The number of aliphatic hydroxyl groups excluding tert-OH is 1. The largest absolute Gasteiger partial charge is 0.395 e. The Morgan fingerprint density at radius 1 is 1.18 bits per heavy atom. The van der Waals surface area contributed by atoms with Gasteiger partial charge in [-0.25, -0.2) is 4.98 Å². The first kappa shape index (κ1) is 12.3. The Kier molecular flexibility index (Phi) is 3.91. The number of aliphatic hydroxyl groups is 1. The van der Waals surface area contributed by atoms with Crippen LogP contribution >= 0.6 is 0 Å². The Morgan fingerprint density at radius 3 is 2.47 bits per heavy atom. The predicted molar refractivity (Wildman–Crippen MR) is 67.2 cm³/mol. The van der Waals surface area contributed by atoms with E-state index in [0.717, 1.165) is 49.9 Å². The third kappa shape index (κ3) is 2.92. The second-order valence-corrected chi connectivity index (χ2v) is 4.45. The maximum absolute atomic E-state index is 8.89. The van der Waals surface area contributed by atoms with Crippen LogP contribution in [0.4, 0.5) is 5.82 Å². The van der Waals surface area contributed by atoms with Crippen LogP contribution in [0, 0.1) is 13.8 Å². The Bertz CT molecular complexity index is 375. The molecular weight excluding hydrogens is 216 g/mol. The number of hydrogen-bond acceptors (Lipinski definition) is 5. The van der Waals surface area contributed by atoms with Crippen LogP contribution in [0.2, 0.25) is 0 Å². The van der Waals surface area contributed by atoms with Crippen molar-refractivity contribution in [2.45, 2.75) is 13.8 Å². The Balaban J connectivity index is 1.98. The van der Waals surface area contributed by atoms with Crippen LogP contribution in [0.25, 0.3) is 0 Å². The van der Waals surface area contributed by atoms with Gasteiger partial charge in [-0.2, -0.15) is 0 Å². The van der Waals surface area contributed by atoms with Gasteiger partial charge < -0.3 is 10.0 Å². The summed E-state index contributed by atoms with van der Waals surface area (Å²) in [6.45, 7) is 8.85. The molecule has 0 amide bonds. The molecule has 5 heteroatoms. The molecule has 2 rings (SSSR count). The smallest absolute Gasteiger partial charge is 0.147 e. The van der Waals surface area contributed by atoms with Gasteiger partial charge in [-0.1, -0.05) is 0 Å². The van der Waals surface area contributed by atoms with E-state index in [2.05, 4.69) is 19.8 Å². The summed E-state index contributed by atoms with van der Waals surface area (Å²) < 4.78 is 0. The van der Waals surface area contributed by atoms with E-state index >= 15 is 0 Å². The minimum absolute atomic E-state index is 0.240. The molecule has 1 fully saturated rings. The van der Waals surface area contributed by atoms with E-state index in [1.165, 1.54) is 0 Å². The van der Waals surface area contributed by atoms with Gasteiger partial charge in [0.15, 0.2) is 0 Å². The average molecular weight is 236 g/mol. The minimum atomic E-state index is 0.240. The van der Waals surface area contributed by atoms with Crippen molar-refractivity contribution < 1.29 is 5.11 Å². The number of β-amino-alcohol motifs (C(OH)–C–C–N with tert-alkyl or cyclic N) is 1. The average Bonchev–Trinajstić information content (AvgIpc) is 2.34. The summed E-state index contributed by atoms with van der Waals surface area (Å²) >= 11 is 0. The van der Waals surface area contributed by atoms with Crippen molar-refractivity contribution in [3.63, 3.8) is 0 Å². The first-order chi connectivity index (χ1) is 8.20. The molecule has 0 spiro atoms. The molecule has 1 N–H and O–H groups in total. The summed E-state index contributed by atoms with van der Waals surface area (Å²) in [6, 6.07) is 0. The molecule has 0 radical (unpaired) electrons. The normalized spacial score (nSPS) is 17.5. The molecule has 1 aromatic heterocycles. The fraction of sp³-hybridized carbons (Fsp3) is 0.667. The number of aromatic nitrogens is 2. The van der Waals surface area contributed by atoms with Crippen LogP contribution in [-0.2, 0) is 0 Å². The number of aryl methyl sites for hydroxylation is 2. The van der Waals surface area contributed by atoms with Crippen molar-refractivity contribution in [1.29, 1.82) is 0 Å². The van der Waals surface area contributed by atoms with E-state index in [9.17, 15) is 0 Å². The van der Waals surface area contributed by atoms with Crippen molar-refractivity contribution in [1.82, 2.24) is 14.9 Å². The molecule has 94 valence electrons. The van der Waals surface area contributed by atoms with E-state index < -0.39 is 0 Å². The van der Waals surface area contributed by atoms with E-state index in [1.807, 2.05) is 20.0 Å². The topological polar surface area (TPSA) is 52.5 Å². The molecule has 5 nitrogen and oxygen atoms in total. The molecule has 1 aromatic rings. The zero-order chi connectivity index (χ0) is 12.3. The lowest BCUT2D eigenvalue weighted by atomic mass is 10.3. The van der Waals surface area contributed by atoms with Gasteiger partial charge in [0.1, 0.15) is 5.82 Å². The molecule has 0 atom stereocenters. The molecule has 0 aromatic carbocycles. The quantitative estimate of drug-likeness (QED) is 0.813. The van der Waals surface area contributed by atoms with Crippen molar-refractivity contribution in [3.05, 3.63) is 17.6 Å². The van der Waals surface area contributed by atoms with Crippen molar-refractivity contribution in [3.8, 4) is 0 Å². The summed E-state index contributed by atoms with van der Waals surface area (Å²) in [4.78, 5) is 13.4. The SMILES string of the molecule is Cc1ncc(N2CCN(CCO)CC2)nc1C. The fourth-order valence-electron chi connectivity index (χ4n) is 2.02. The summed E-state index contributed by atoms with van der Waals surface area (Å²) in [7, 11) is 0. The number of piperazine rings is 1. The lowest BCUT2D eigenvalue weighted by Gasteiger charge is -2.35. The standard InChI is InChI=1S/C12H20N4O/c1-10-11(2)14-12(9-13-10)16-5-3-15(4-6-16)7-8-17/h9,17H,3-8H2,1-2H3. The predicted octanol–water partition coefficient (Wildman–Crippen LogP) is 0.208. The van der Waals surface area contributed by atoms with Crippen molar-refractivity contribution in [2.75, 3.05) is 44.2 Å². The molecule has 2 heterocycles. The zero-order valence-corrected chi connectivity index (χ0v) is 10.6. The number of anilines is 1.